The predicted molar refractivity (Wildman–Crippen MR) is 68.7 cm³/mol. The van der Waals surface area contributed by atoms with Crippen LogP contribution in [0.1, 0.15) is 38.3 Å². The molecule has 2 atom stereocenters. The first-order valence-corrected chi connectivity index (χ1v) is 7.94. The minimum Gasteiger partial charge on any atom is -0.309 e. The maximum atomic E-state index is 13.4. The first-order chi connectivity index (χ1) is 8.93. The maximum Gasteiger partial charge on any atom is 0.183 e. The Kier molecular flexibility index (Phi) is 3.92. The number of hydrogen-bond acceptors (Lipinski definition) is 3. The van der Waals surface area contributed by atoms with Gasteiger partial charge in [-0.05, 0) is 37.1 Å². The fourth-order valence-electron chi connectivity index (χ4n) is 2.57. The molecule has 2 rings (SSSR count). The lowest BCUT2D eigenvalue weighted by atomic mass is 10.0. The lowest BCUT2D eigenvalue weighted by Crippen LogP contribution is -2.31. The zero-order valence-corrected chi connectivity index (χ0v) is 11.7. The number of fused-ring (bicyclic) bond motifs is 1. The van der Waals surface area contributed by atoms with Gasteiger partial charge >= 0.3 is 0 Å². The third-order valence-electron chi connectivity index (χ3n) is 3.48. The van der Waals surface area contributed by atoms with E-state index in [0.717, 1.165) is 18.6 Å². The van der Waals surface area contributed by atoms with E-state index in [0.29, 0.717) is 18.5 Å². The van der Waals surface area contributed by atoms with Crippen LogP contribution in [0.25, 0.3) is 0 Å². The minimum atomic E-state index is -3.58. The molecule has 0 radical (unpaired) electrons. The predicted octanol–water partition coefficient (Wildman–Crippen LogP) is 2.57. The smallest absolute Gasteiger partial charge is 0.183 e. The largest absolute Gasteiger partial charge is 0.309 e. The molecule has 0 spiro atoms. The summed E-state index contributed by atoms with van der Waals surface area (Å²) in [6, 6.07) is 1.35. The number of benzene rings is 1. The van der Waals surface area contributed by atoms with E-state index in [2.05, 4.69) is 5.32 Å². The van der Waals surface area contributed by atoms with Gasteiger partial charge in [-0.25, -0.2) is 17.2 Å². The van der Waals surface area contributed by atoms with E-state index in [1.54, 1.807) is 6.92 Å². The van der Waals surface area contributed by atoms with Crippen molar-refractivity contribution in [2.24, 2.45) is 0 Å². The quantitative estimate of drug-likeness (QED) is 0.867. The van der Waals surface area contributed by atoms with Crippen LogP contribution in [-0.2, 0) is 9.84 Å². The molecule has 1 aromatic carbocycles. The molecule has 1 N–H and O–H groups in total. The average molecular weight is 289 g/mol. The van der Waals surface area contributed by atoms with Crippen LogP contribution in [0.15, 0.2) is 17.0 Å². The summed E-state index contributed by atoms with van der Waals surface area (Å²) in [5.41, 5.74) is 0.346. The number of rotatable bonds is 4. The van der Waals surface area contributed by atoms with Crippen molar-refractivity contribution in [1.82, 2.24) is 5.32 Å². The highest BCUT2D eigenvalue weighted by Crippen LogP contribution is 2.41. The maximum absolute atomic E-state index is 13.4. The van der Waals surface area contributed by atoms with Crippen LogP contribution in [0.2, 0.25) is 0 Å². The first-order valence-electron chi connectivity index (χ1n) is 6.39. The van der Waals surface area contributed by atoms with E-state index in [9.17, 15) is 17.2 Å². The minimum absolute atomic E-state index is 0.0770. The van der Waals surface area contributed by atoms with Gasteiger partial charge in [0.05, 0.1) is 16.2 Å². The monoisotopic (exact) mass is 289 g/mol. The van der Waals surface area contributed by atoms with Gasteiger partial charge in [0, 0.05) is 0 Å². The molecular formula is C13H17F2NO2S. The van der Waals surface area contributed by atoms with Crippen LogP contribution >= 0.6 is 0 Å². The van der Waals surface area contributed by atoms with E-state index in [1.807, 2.05) is 6.92 Å². The van der Waals surface area contributed by atoms with Gasteiger partial charge in [0.2, 0.25) is 0 Å². The second-order valence-electron chi connectivity index (χ2n) is 4.73. The Morgan fingerprint density at radius 1 is 1.21 bits per heavy atom. The molecule has 2 unspecified atom stereocenters. The summed E-state index contributed by atoms with van der Waals surface area (Å²) >= 11 is 0. The van der Waals surface area contributed by atoms with Crippen molar-refractivity contribution in [1.29, 1.82) is 0 Å². The summed E-state index contributed by atoms with van der Waals surface area (Å²) in [7, 11) is -3.58. The summed E-state index contributed by atoms with van der Waals surface area (Å²) in [5.74, 6) is -2.12. The van der Waals surface area contributed by atoms with E-state index < -0.39 is 32.8 Å². The summed E-state index contributed by atoms with van der Waals surface area (Å²) in [6.45, 7) is 4.36. The number of hydrogen-bond donors (Lipinski definition) is 1. The molecule has 19 heavy (non-hydrogen) atoms. The highest BCUT2D eigenvalue weighted by molar-refractivity contribution is 7.92. The van der Waals surface area contributed by atoms with Gasteiger partial charge in [-0.3, -0.25) is 0 Å². The lowest BCUT2D eigenvalue weighted by molar-refractivity contribution is 0.480. The summed E-state index contributed by atoms with van der Waals surface area (Å²) < 4.78 is 51.3. The Morgan fingerprint density at radius 2 is 1.84 bits per heavy atom. The zero-order valence-electron chi connectivity index (χ0n) is 10.9. The van der Waals surface area contributed by atoms with Crippen LogP contribution in [0, 0.1) is 11.6 Å². The van der Waals surface area contributed by atoms with Crippen LogP contribution in [0.5, 0.6) is 0 Å². The molecule has 0 saturated heterocycles. The van der Waals surface area contributed by atoms with Crippen LogP contribution < -0.4 is 5.32 Å². The number of nitrogens with one attached hydrogen (secondary N) is 1. The van der Waals surface area contributed by atoms with Crippen molar-refractivity contribution in [3.05, 3.63) is 29.3 Å². The highest BCUT2D eigenvalue weighted by Gasteiger charge is 2.44. The molecule has 1 aliphatic heterocycles. The van der Waals surface area contributed by atoms with E-state index in [1.165, 1.54) is 0 Å². The van der Waals surface area contributed by atoms with Crippen LogP contribution in [0.4, 0.5) is 8.78 Å². The molecule has 106 valence electrons. The number of halogens is 2. The molecule has 0 bridgehead atoms. The number of sulfone groups is 1. The van der Waals surface area contributed by atoms with Crippen LogP contribution in [0.3, 0.4) is 0 Å². The Hall–Kier alpha value is -1.01. The van der Waals surface area contributed by atoms with Crippen molar-refractivity contribution in [3.8, 4) is 0 Å². The molecule has 1 aliphatic rings. The average Bonchev–Trinajstić information content (AvgIpc) is 2.55. The van der Waals surface area contributed by atoms with Gasteiger partial charge in [-0.1, -0.05) is 13.8 Å². The summed E-state index contributed by atoms with van der Waals surface area (Å²) in [6.07, 6.45) is 1.24. The Balaban J connectivity index is 2.56. The lowest BCUT2D eigenvalue weighted by Gasteiger charge is -2.19. The standard InChI is InChI=1S/C13H17F2NO2S/c1-3-5-16-13-8-6-9(14)10(15)7-12(8)19(17,18)11(13)4-2/h6-7,11,13,16H,3-5H2,1-2H3. The summed E-state index contributed by atoms with van der Waals surface area (Å²) in [5, 5.41) is 2.47. The molecule has 0 fully saturated rings. The van der Waals surface area contributed by atoms with Crippen molar-refractivity contribution >= 4 is 9.84 Å². The molecule has 0 saturated carbocycles. The molecule has 6 heteroatoms. The third kappa shape index (κ3) is 2.27. The first kappa shape index (κ1) is 14.4. The Labute approximate surface area is 111 Å². The molecular weight excluding hydrogens is 272 g/mol. The van der Waals surface area contributed by atoms with Gasteiger partial charge in [0.25, 0.3) is 0 Å². The molecule has 0 aliphatic carbocycles. The van der Waals surface area contributed by atoms with E-state index >= 15 is 0 Å². The Morgan fingerprint density at radius 3 is 2.42 bits per heavy atom. The van der Waals surface area contributed by atoms with E-state index in [4.69, 9.17) is 0 Å². The van der Waals surface area contributed by atoms with Gasteiger partial charge in [0.15, 0.2) is 21.5 Å². The van der Waals surface area contributed by atoms with Gasteiger partial charge in [-0.15, -0.1) is 0 Å². The normalized spacial score (nSPS) is 24.4. The molecule has 1 aromatic rings. The van der Waals surface area contributed by atoms with Gasteiger partial charge < -0.3 is 5.32 Å². The SMILES string of the molecule is CCCNC1c2cc(F)c(F)cc2S(=O)(=O)C1CC. The zero-order chi connectivity index (χ0) is 14.2. The van der Waals surface area contributed by atoms with E-state index in [-0.39, 0.29) is 4.90 Å². The van der Waals surface area contributed by atoms with Crippen molar-refractivity contribution in [3.63, 3.8) is 0 Å². The molecule has 0 aromatic heterocycles. The Bertz CT molecular complexity index is 587. The van der Waals surface area contributed by atoms with Gasteiger partial charge in [-0.2, -0.15) is 0 Å². The van der Waals surface area contributed by atoms with Crippen molar-refractivity contribution in [2.45, 2.75) is 42.9 Å². The fourth-order valence-corrected chi connectivity index (χ4v) is 4.72. The van der Waals surface area contributed by atoms with Crippen molar-refractivity contribution in [2.75, 3.05) is 6.54 Å². The second kappa shape index (κ2) is 5.17. The van der Waals surface area contributed by atoms with Crippen LogP contribution in [-0.4, -0.2) is 20.2 Å². The highest BCUT2D eigenvalue weighted by atomic mass is 32.2. The fraction of sp³-hybridized carbons (Fsp3) is 0.538. The molecule has 0 amide bonds. The van der Waals surface area contributed by atoms with Gasteiger partial charge in [0.1, 0.15) is 0 Å². The molecule has 1 heterocycles. The third-order valence-corrected chi connectivity index (χ3v) is 5.85. The topological polar surface area (TPSA) is 46.2 Å². The second-order valence-corrected chi connectivity index (χ2v) is 6.86. The summed E-state index contributed by atoms with van der Waals surface area (Å²) in [4.78, 5) is -0.0770. The molecule has 3 nitrogen and oxygen atoms in total. The van der Waals surface area contributed by atoms with Crippen molar-refractivity contribution < 1.29 is 17.2 Å².